The second-order valence-corrected chi connectivity index (χ2v) is 17.8. The topological polar surface area (TPSA) is 220 Å². The smallest absolute Gasteiger partial charge is 0.382 e. The van der Waals surface area contributed by atoms with E-state index in [2.05, 4.69) is 54.4 Å². The molecule has 1 spiro atoms. The molecule has 0 amide bonds. The molecular formula is C24H30N10O7P2S2. The molecule has 4 aliphatic rings. The molecule has 2 aliphatic carbocycles. The number of hydrogen-bond acceptors (Lipinski definition) is 15. The average molecular weight is 697 g/mol. The summed E-state index contributed by atoms with van der Waals surface area (Å²) in [7, 11) is 0. The minimum absolute atomic E-state index is 0.0354. The maximum Gasteiger partial charge on any atom is 0.386 e. The Kier molecular flexibility index (Phi) is 6.89. The van der Waals surface area contributed by atoms with Gasteiger partial charge in [-0.25, -0.2) is 39.0 Å². The Morgan fingerprint density at radius 2 is 1.49 bits per heavy atom. The predicted octanol–water partition coefficient (Wildman–Crippen LogP) is 3.45. The summed E-state index contributed by atoms with van der Waals surface area (Å²) in [5.41, 5.74) is 13.2. The zero-order valence-corrected chi connectivity index (χ0v) is 27.5. The summed E-state index contributed by atoms with van der Waals surface area (Å²) >= 11 is 8.76. The van der Waals surface area contributed by atoms with E-state index >= 15 is 0 Å². The Labute approximate surface area is 266 Å². The van der Waals surface area contributed by atoms with Crippen molar-refractivity contribution in [2.75, 3.05) is 24.7 Å². The molecule has 2 aliphatic heterocycles. The van der Waals surface area contributed by atoms with Gasteiger partial charge in [-0.15, -0.1) is 0 Å². The monoisotopic (exact) mass is 696 g/mol. The first-order chi connectivity index (χ1) is 21.4. The molecule has 0 radical (unpaired) electrons. The lowest BCUT2D eigenvalue weighted by Crippen LogP contribution is -2.32. The SMILES string of the molecule is C[C@H]1[C@H]2O[P@](=O)(S)OCC34C[C@@H]3[C@@H](n3cnc5c(N)ncnc53)[C@H](C)[C@@H]4O[P@@](=O)(S)OC[C@H]1O[C@H]2n1cnc2c(N)ncnc21. The van der Waals surface area contributed by atoms with Crippen molar-refractivity contribution < 1.29 is 32.0 Å². The van der Waals surface area contributed by atoms with E-state index in [0.29, 0.717) is 28.7 Å². The third kappa shape index (κ3) is 4.73. The van der Waals surface area contributed by atoms with Crippen LogP contribution < -0.4 is 11.5 Å². The van der Waals surface area contributed by atoms with Crippen LogP contribution in [0.15, 0.2) is 25.3 Å². The van der Waals surface area contributed by atoms with E-state index in [0.717, 1.165) is 0 Å². The fraction of sp³-hybridized carbons (Fsp3) is 0.583. The molecule has 6 heterocycles. The fourth-order valence-electron chi connectivity index (χ4n) is 7.39. The van der Waals surface area contributed by atoms with Crippen molar-refractivity contribution >= 4 is 72.1 Å². The minimum atomic E-state index is -4.01. The second-order valence-electron chi connectivity index (χ2n) is 12.1. The van der Waals surface area contributed by atoms with Gasteiger partial charge in [0.25, 0.3) is 0 Å². The fourth-order valence-corrected chi connectivity index (χ4v) is 10.5. The van der Waals surface area contributed by atoms with E-state index in [9.17, 15) is 9.13 Å². The molecular weight excluding hydrogens is 666 g/mol. The number of fused-ring (bicyclic) bond motifs is 4. The van der Waals surface area contributed by atoms with Gasteiger partial charge in [0.15, 0.2) is 29.2 Å². The summed E-state index contributed by atoms with van der Waals surface area (Å²) in [6, 6.07) is -0.188. The van der Waals surface area contributed by atoms with Gasteiger partial charge in [-0.3, -0.25) is 18.1 Å². The zero-order chi connectivity index (χ0) is 31.5. The van der Waals surface area contributed by atoms with Gasteiger partial charge < -0.3 is 25.3 Å². The molecule has 21 heteroatoms. The van der Waals surface area contributed by atoms with Gasteiger partial charge in [0, 0.05) is 23.3 Å². The van der Waals surface area contributed by atoms with Crippen LogP contribution in [-0.4, -0.2) is 70.6 Å². The molecule has 4 fully saturated rings. The van der Waals surface area contributed by atoms with Crippen LogP contribution in [0.2, 0.25) is 0 Å². The third-order valence-electron chi connectivity index (χ3n) is 9.64. The predicted molar refractivity (Wildman–Crippen MR) is 166 cm³/mol. The molecule has 2 bridgehead atoms. The van der Waals surface area contributed by atoms with Gasteiger partial charge in [-0.2, -0.15) is 0 Å². The standard InChI is InChI=1S/C24H30N10O7P2S2/c1-10-13-4-37-42(35,44)41-18-11(2)16(33-8-31-14-19(25)27-6-29-21(14)33)12-3-24(12,18)5-38-43(36,45)40-17(10)23(39-13)34-9-32-15-20(26)28-7-30-22(15)34/h6-13,16-18,23H,3-5H2,1-2H3,(H,35,44)(H,36,45)(H2,25,27,29)(H2,26,28,30)/t10-,11+,12-,13-,16+,17-,18+,23-,24?,42+,43-/m1/s1. The van der Waals surface area contributed by atoms with E-state index in [1.165, 1.54) is 19.0 Å². The molecule has 4 aromatic rings. The largest absolute Gasteiger partial charge is 0.386 e. The second kappa shape index (κ2) is 10.3. The average Bonchev–Trinajstić information content (AvgIpc) is 3.28. The molecule has 240 valence electrons. The molecule has 4 N–H and O–H groups in total. The molecule has 2 saturated carbocycles. The van der Waals surface area contributed by atoms with E-state index < -0.39 is 49.5 Å². The first-order valence-electron chi connectivity index (χ1n) is 14.2. The molecule has 11 atom stereocenters. The summed E-state index contributed by atoms with van der Waals surface area (Å²) in [4.78, 5) is 25.5. The highest BCUT2D eigenvalue weighted by Gasteiger charge is 2.72. The lowest BCUT2D eigenvalue weighted by atomic mass is 9.94. The first kappa shape index (κ1) is 30.0. The van der Waals surface area contributed by atoms with E-state index in [4.69, 9.17) is 34.3 Å². The van der Waals surface area contributed by atoms with Crippen molar-refractivity contribution in [3.05, 3.63) is 25.3 Å². The summed E-state index contributed by atoms with van der Waals surface area (Å²) in [5.74, 6) is -0.231. The number of hydrogen-bond donors (Lipinski definition) is 4. The molecule has 4 aromatic heterocycles. The van der Waals surface area contributed by atoms with Crippen molar-refractivity contribution in [2.45, 2.75) is 50.8 Å². The van der Waals surface area contributed by atoms with Crippen LogP contribution in [0.5, 0.6) is 0 Å². The van der Waals surface area contributed by atoms with Crippen molar-refractivity contribution in [3.8, 4) is 0 Å². The van der Waals surface area contributed by atoms with Crippen molar-refractivity contribution in [1.82, 2.24) is 39.0 Å². The Balaban J connectivity index is 1.14. The summed E-state index contributed by atoms with van der Waals surface area (Å²) in [6.45, 7) is -4.34. The lowest BCUT2D eigenvalue weighted by Gasteiger charge is -2.31. The van der Waals surface area contributed by atoms with Crippen LogP contribution in [0.4, 0.5) is 11.6 Å². The van der Waals surface area contributed by atoms with E-state index in [1.54, 1.807) is 10.9 Å². The Bertz CT molecular complexity index is 1930. The van der Waals surface area contributed by atoms with Crippen LogP contribution in [-0.2, 0) is 32.0 Å². The van der Waals surface area contributed by atoms with Crippen LogP contribution in [0.25, 0.3) is 22.3 Å². The summed E-state index contributed by atoms with van der Waals surface area (Å²) in [6.07, 6.45) is 3.42. The maximum absolute atomic E-state index is 13.9. The van der Waals surface area contributed by atoms with E-state index in [1.807, 2.05) is 18.4 Å². The number of nitrogens with zero attached hydrogens (tertiary/aromatic N) is 8. The third-order valence-corrected chi connectivity index (χ3v) is 12.8. The van der Waals surface area contributed by atoms with Gasteiger partial charge in [-0.05, 0) is 12.3 Å². The number of anilines is 2. The van der Waals surface area contributed by atoms with E-state index in [-0.39, 0.29) is 42.7 Å². The number of imidazole rings is 2. The molecule has 2 saturated heterocycles. The zero-order valence-electron chi connectivity index (χ0n) is 23.9. The summed E-state index contributed by atoms with van der Waals surface area (Å²) in [5, 5.41) is 0. The molecule has 45 heavy (non-hydrogen) atoms. The summed E-state index contributed by atoms with van der Waals surface area (Å²) < 4.78 is 61.9. The van der Waals surface area contributed by atoms with Crippen molar-refractivity contribution in [1.29, 1.82) is 0 Å². The maximum atomic E-state index is 13.9. The Hall–Kier alpha value is -2.34. The first-order valence-corrected chi connectivity index (χ1v) is 19.6. The van der Waals surface area contributed by atoms with Gasteiger partial charge >= 0.3 is 13.6 Å². The normalized spacial score (nSPS) is 41.7. The number of nitrogens with two attached hydrogens (primary N) is 2. The quantitative estimate of drug-likeness (QED) is 0.174. The number of ether oxygens (including phenoxy) is 1. The van der Waals surface area contributed by atoms with Crippen LogP contribution in [0.3, 0.4) is 0 Å². The van der Waals surface area contributed by atoms with Crippen LogP contribution in [0.1, 0.15) is 32.5 Å². The highest BCUT2D eigenvalue weighted by atomic mass is 32.7. The number of nitrogen functional groups attached to an aromatic ring is 2. The van der Waals surface area contributed by atoms with Crippen LogP contribution >= 0.6 is 38.1 Å². The highest BCUT2D eigenvalue weighted by Crippen LogP contribution is 2.75. The number of rotatable bonds is 2. The molecule has 0 aromatic carbocycles. The molecule has 1 unspecified atom stereocenters. The minimum Gasteiger partial charge on any atom is -0.382 e. The molecule has 8 rings (SSSR count). The Morgan fingerprint density at radius 3 is 2.18 bits per heavy atom. The lowest BCUT2D eigenvalue weighted by molar-refractivity contribution is -0.0484. The van der Waals surface area contributed by atoms with Gasteiger partial charge in [0.1, 0.15) is 29.8 Å². The highest BCUT2D eigenvalue weighted by molar-refractivity contribution is 8.44. The van der Waals surface area contributed by atoms with Gasteiger partial charge in [-0.1, -0.05) is 38.3 Å². The van der Waals surface area contributed by atoms with Crippen LogP contribution in [0, 0.1) is 23.2 Å². The van der Waals surface area contributed by atoms with Crippen molar-refractivity contribution in [2.24, 2.45) is 23.2 Å². The Morgan fingerprint density at radius 1 is 0.867 bits per heavy atom. The van der Waals surface area contributed by atoms with Gasteiger partial charge in [0.2, 0.25) is 0 Å². The molecule has 17 nitrogen and oxygen atoms in total. The van der Waals surface area contributed by atoms with Crippen molar-refractivity contribution in [3.63, 3.8) is 0 Å². The number of thiol groups is 2. The number of aromatic nitrogens is 8. The van der Waals surface area contributed by atoms with Gasteiger partial charge in [0.05, 0.1) is 38.1 Å².